The molecule has 0 aliphatic rings. The van der Waals surface area contributed by atoms with Gasteiger partial charge in [0.1, 0.15) is 6.61 Å². The predicted molar refractivity (Wildman–Crippen MR) is 93.7 cm³/mol. The summed E-state index contributed by atoms with van der Waals surface area (Å²) in [5, 5.41) is 9.89. The van der Waals surface area contributed by atoms with Gasteiger partial charge in [-0.1, -0.05) is 28.5 Å². The summed E-state index contributed by atoms with van der Waals surface area (Å²) >= 11 is 0. The van der Waals surface area contributed by atoms with Gasteiger partial charge >= 0.3 is 6.09 Å². The van der Waals surface area contributed by atoms with Crippen LogP contribution in [0.15, 0.2) is 0 Å². The quantitative estimate of drug-likeness (QED) is 0.114. The molecule has 0 aromatic heterocycles. The van der Waals surface area contributed by atoms with Gasteiger partial charge < -0.3 is 9.84 Å². The molecule has 11 heteroatoms. The van der Waals surface area contributed by atoms with E-state index < -0.39 is 40.7 Å². The molecule has 0 bridgehead atoms. The number of hydrogen-bond acceptors (Lipinski definition) is 6. The molecule has 148 valence electrons. The Morgan fingerprint density at radius 2 is 1.69 bits per heavy atom. The minimum absolute atomic E-state index is 0.158. The first-order valence-electron chi connectivity index (χ1n) is 7.78. The summed E-state index contributed by atoms with van der Waals surface area (Å²) in [7, 11) is 2.74. The van der Waals surface area contributed by atoms with Gasteiger partial charge in [0.15, 0.2) is 17.4 Å². The number of nitrogens with zero attached hydrogens (tertiary/aromatic N) is 1. The first-order chi connectivity index (χ1) is 12.3. The van der Waals surface area contributed by atoms with Crippen LogP contribution in [0.3, 0.4) is 0 Å². The van der Waals surface area contributed by atoms with Gasteiger partial charge in [0, 0.05) is 23.6 Å². The Morgan fingerprint density at radius 3 is 2.27 bits per heavy atom. The van der Waals surface area contributed by atoms with Crippen LogP contribution in [-0.4, -0.2) is 40.9 Å². The number of carbonyl (C=O) groups is 1. The van der Waals surface area contributed by atoms with Gasteiger partial charge in [-0.15, -0.1) is 0 Å². The van der Waals surface area contributed by atoms with Crippen LogP contribution < -0.4 is 5.84 Å². The number of hydrazine groups is 1. The number of nitrogens with two attached hydrogens (primary N) is 1. The van der Waals surface area contributed by atoms with Crippen molar-refractivity contribution in [3.05, 3.63) is 28.8 Å². The Hall–Kier alpha value is -1.33. The first kappa shape index (κ1) is 22.7. The van der Waals surface area contributed by atoms with Crippen molar-refractivity contribution in [3.8, 4) is 5.75 Å². The third-order valence-electron chi connectivity index (χ3n) is 3.16. The zero-order valence-corrected chi connectivity index (χ0v) is 15.7. The Morgan fingerprint density at radius 1 is 1.12 bits per heavy atom. The predicted octanol–water partition coefficient (Wildman–Crippen LogP) is 3.98. The summed E-state index contributed by atoms with van der Waals surface area (Å²) in [5.41, 5.74) is -0.726. The normalized spacial score (nSPS) is 10.8. The van der Waals surface area contributed by atoms with Crippen molar-refractivity contribution in [1.82, 2.24) is 5.01 Å². The van der Waals surface area contributed by atoms with Crippen molar-refractivity contribution in [2.75, 3.05) is 24.7 Å². The number of ether oxygens (including phenoxy) is 1. The molecule has 26 heavy (non-hydrogen) atoms. The molecule has 0 saturated heterocycles. The maximum atomic E-state index is 13.6. The third-order valence-corrected chi connectivity index (χ3v) is 5.62. The fourth-order valence-electron chi connectivity index (χ4n) is 1.89. The van der Waals surface area contributed by atoms with Crippen molar-refractivity contribution in [1.29, 1.82) is 0 Å². The van der Waals surface area contributed by atoms with Crippen molar-refractivity contribution >= 4 is 27.7 Å². The number of halogens is 4. The number of rotatable bonds is 10. The second-order valence-electron chi connectivity index (χ2n) is 5.14. The standard InChI is InChI=1S/C15H20F4N2O3S2/c1-2-5-21(20)15(23)24-6-8-26-25-7-3-4-9-10(16)12(18)14(22)13(19)11(9)17/h22H,2-8,20H2,1H3. The van der Waals surface area contributed by atoms with E-state index in [1.54, 1.807) is 0 Å². The lowest BCUT2D eigenvalue weighted by Crippen LogP contribution is -2.38. The maximum Gasteiger partial charge on any atom is 0.424 e. The monoisotopic (exact) mass is 416 g/mol. The summed E-state index contributed by atoms with van der Waals surface area (Å²) in [4.78, 5) is 11.4. The number of aromatic hydroxyl groups is 1. The molecular formula is C15H20F4N2O3S2. The Kier molecular flexibility index (Phi) is 9.96. The molecule has 0 radical (unpaired) electrons. The molecule has 0 fully saturated rings. The Labute approximate surface area is 156 Å². The van der Waals surface area contributed by atoms with Gasteiger partial charge in [-0.2, -0.15) is 8.78 Å². The lowest BCUT2D eigenvalue weighted by atomic mass is 10.1. The van der Waals surface area contributed by atoms with Crippen LogP contribution in [0, 0.1) is 23.3 Å². The highest BCUT2D eigenvalue weighted by atomic mass is 33.1. The molecule has 0 aliphatic carbocycles. The number of hydrogen-bond donors (Lipinski definition) is 2. The highest BCUT2D eigenvalue weighted by Gasteiger charge is 2.24. The highest BCUT2D eigenvalue weighted by molar-refractivity contribution is 8.76. The van der Waals surface area contributed by atoms with Crippen LogP contribution in [0.4, 0.5) is 22.4 Å². The molecule has 0 spiro atoms. The molecular weight excluding hydrogens is 396 g/mol. The number of benzene rings is 1. The number of phenols is 1. The number of amides is 1. The van der Waals surface area contributed by atoms with E-state index >= 15 is 0 Å². The maximum absolute atomic E-state index is 13.6. The van der Waals surface area contributed by atoms with Crippen LogP contribution in [0.2, 0.25) is 0 Å². The molecule has 1 rings (SSSR count). The van der Waals surface area contributed by atoms with E-state index in [2.05, 4.69) is 0 Å². The average molecular weight is 416 g/mol. The van der Waals surface area contributed by atoms with E-state index in [1.807, 2.05) is 6.92 Å². The SMILES string of the molecule is CCCN(N)C(=O)OCCSSCCCc1c(F)c(F)c(O)c(F)c1F. The molecule has 1 aromatic carbocycles. The minimum Gasteiger partial charge on any atom is -0.503 e. The zero-order valence-electron chi connectivity index (χ0n) is 14.1. The van der Waals surface area contributed by atoms with Crippen molar-refractivity contribution in [2.45, 2.75) is 26.2 Å². The van der Waals surface area contributed by atoms with E-state index in [0.717, 1.165) is 5.01 Å². The summed E-state index contributed by atoms with van der Waals surface area (Å²) in [6.45, 7) is 2.43. The van der Waals surface area contributed by atoms with Gasteiger partial charge in [-0.3, -0.25) is 0 Å². The van der Waals surface area contributed by atoms with Gasteiger partial charge in [0.25, 0.3) is 0 Å². The molecule has 0 unspecified atom stereocenters. The van der Waals surface area contributed by atoms with E-state index in [4.69, 9.17) is 15.7 Å². The van der Waals surface area contributed by atoms with Crippen LogP contribution in [0.25, 0.3) is 0 Å². The molecule has 0 saturated carbocycles. The van der Waals surface area contributed by atoms with Gasteiger partial charge in [-0.25, -0.2) is 24.4 Å². The highest BCUT2D eigenvalue weighted by Crippen LogP contribution is 2.30. The Bertz CT molecular complexity index is 594. The second-order valence-corrected chi connectivity index (χ2v) is 7.84. The Balaban J connectivity index is 2.25. The fourth-order valence-corrected chi connectivity index (χ4v) is 3.80. The van der Waals surface area contributed by atoms with Crippen LogP contribution in [-0.2, 0) is 11.2 Å². The van der Waals surface area contributed by atoms with Crippen molar-refractivity contribution in [3.63, 3.8) is 0 Å². The first-order valence-corrected chi connectivity index (χ1v) is 10.3. The smallest absolute Gasteiger partial charge is 0.424 e. The van der Waals surface area contributed by atoms with E-state index in [1.165, 1.54) is 21.6 Å². The zero-order chi connectivity index (χ0) is 19.7. The minimum atomic E-state index is -1.79. The van der Waals surface area contributed by atoms with E-state index in [9.17, 15) is 22.4 Å². The van der Waals surface area contributed by atoms with E-state index in [0.29, 0.717) is 24.5 Å². The van der Waals surface area contributed by atoms with E-state index in [-0.39, 0.29) is 19.4 Å². The topological polar surface area (TPSA) is 75.8 Å². The number of phenolic OH excluding ortho intramolecular Hbond substituents is 1. The largest absolute Gasteiger partial charge is 0.503 e. The second kappa shape index (κ2) is 11.4. The molecule has 1 aromatic rings. The van der Waals surface area contributed by atoms with Crippen molar-refractivity contribution < 1.29 is 32.2 Å². The lowest BCUT2D eigenvalue weighted by molar-refractivity contribution is 0.108. The third kappa shape index (κ3) is 6.44. The van der Waals surface area contributed by atoms with Crippen LogP contribution in [0.1, 0.15) is 25.3 Å². The lowest BCUT2D eigenvalue weighted by Gasteiger charge is -2.14. The summed E-state index contributed by atoms with van der Waals surface area (Å²) in [5.74, 6) is -2.02. The van der Waals surface area contributed by atoms with Gasteiger partial charge in [-0.05, 0) is 19.3 Å². The summed E-state index contributed by atoms with van der Waals surface area (Å²) < 4.78 is 58.5. The molecule has 5 nitrogen and oxygen atoms in total. The molecule has 0 aliphatic heterocycles. The molecule has 0 atom stereocenters. The summed E-state index contributed by atoms with van der Waals surface area (Å²) in [6, 6.07) is 0. The number of carbonyl (C=O) groups excluding carboxylic acids is 1. The van der Waals surface area contributed by atoms with Crippen LogP contribution >= 0.6 is 21.6 Å². The fraction of sp³-hybridized carbons (Fsp3) is 0.533. The molecule has 1 amide bonds. The average Bonchev–Trinajstić information content (AvgIpc) is 2.62. The van der Waals surface area contributed by atoms with Crippen molar-refractivity contribution in [2.24, 2.45) is 5.84 Å². The van der Waals surface area contributed by atoms with Crippen LogP contribution in [0.5, 0.6) is 5.75 Å². The van der Waals surface area contributed by atoms with Gasteiger partial charge in [0.05, 0.1) is 0 Å². The molecule has 3 N–H and O–H groups in total. The summed E-state index contributed by atoms with van der Waals surface area (Å²) in [6.07, 6.45) is 0.154. The van der Waals surface area contributed by atoms with Gasteiger partial charge in [0.2, 0.25) is 11.6 Å². The molecule has 0 heterocycles.